The topological polar surface area (TPSA) is 92.1 Å². The first-order chi connectivity index (χ1) is 12.6. The molecule has 0 fully saturated rings. The van der Waals surface area contributed by atoms with Crippen molar-refractivity contribution in [3.8, 4) is 6.07 Å². The molecule has 0 N–H and O–H groups in total. The molecule has 2 aromatic rings. The van der Waals surface area contributed by atoms with Gasteiger partial charge >= 0.3 is 0 Å². The van der Waals surface area contributed by atoms with Crippen molar-refractivity contribution in [2.75, 3.05) is 12.0 Å². The number of nitriles is 1. The van der Waals surface area contributed by atoms with Gasteiger partial charge in [-0.15, -0.1) is 0 Å². The molecule has 0 aromatic heterocycles. The van der Waals surface area contributed by atoms with Crippen LogP contribution in [0.15, 0.2) is 53.4 Å². The van der Waals surface area contributed by atoms with Crippen LogP contribution in [0.2, 0.25) is 5.02 Å². The Kier molecular flexibility index (Phi) is 7.04. The van der Waals surface area contributed by atoms with Crippen LogP contribution in [-0.4, -0.2) is 28.8 Å². The van der Waals surface area contributed by atoms with E-state index in [9.17, 15) is 16.8 Å². The van der Waals surface area contributed by atoms with Gasteiger partial charge in [0.15, 0.2) is 9.84 Å². The third-order valence-electron chi connectivity index (χ3n) is 4.14. The lowest BCUT2D eigenvalue weighted by molar-refractivity contribution is 0.567. The summed E-state index contributed by atoms with van der Waals surface area (Å²) in [7, 11) is -6.83. The maximum atomic E-state index is 13.2. The van der Waals surface area contributed by atoms with Gasteiger partial charge in [-0.25, -0.2) is 16.8 Å². The minimum Gasteiger partial charge on any atom is -0.229 e. The van der Waals surface area contributed by atoms with Crippen molar-refractivity contribution in [3.63, 3.8) is 0 Å². The summed E-state index contributed by atoms with van der Waals surface area (Å²) in [5, 5.41) is 8.68. The average molecular weight is 426 g/mol. The third kappa shape index (κ3) is 6.06. The van der Waals surface area contributed by atoms with Gasteiger partial charge < -0.3 is 0 Å². The first kappa shape index (κ1) is 21.4. The first-order valence-corrected chi connectivity index (χ1v) is 12.3. The van der Waals surface area contributed by atoms with Crippen LogP contribution in [0.3, 0.4) is 0 Å². The predicted molar refractivity (Wildman–Crippen MR) is 106 cm³/mol. The maximum Gasteiger partial charge on any atom is 0.185 e. The predicted octanol–water partition coefficient (Wildman–Crippen LogP) is 3.94. The van der Waals surface area contributed by atoms with E-state index >= 15 is 0 Å². The van der Waals surface area contributed by atoms with Crippen LogP contribution in [0.1, 0.15) is 35.6 Å². The van der Waals surface area contributed by atoms with Gasteiger partial charge in [-0.1, -0.05) is 30.2 Å². The van der Waals surface area contributed by atoms with Crippen molar-refractivity contribution >= 4 is 31.3 Å². The van der Waals surface area contributed by atoms with Crippen molar-refractivity contribution < 1.29 is 16.8 Å². The summed E-state index contributed by atoms with van der Waals surface area (Å²) in [5.74, 6) is 0.0128. The normalized spacial score (nSPS) is 13.1. The van der Waals surface area contributed by atoms with Gasteiger partial charge in [-0.05, 0) is 54.8 Å². The molecule has 8 heteroatoms. The largest absolute Gasteiger partial charge is 0.229 e. The second kappa shape index (κ2) is 8.87. The van der Waals surface area contributed by atoms with Crippen LogP contribution in [0, 0.1) is 11.3 Å². The van der Waals surface area contributed by atoms with E-state index < -0.39 is 24.9 Å². The number of unbranched alkanes of at least 4 members (excludes halogenated alkanes) is 1. The second-order valence-electron chi connectivity index (χ2n) is 6.35. The molecule has 0 saturated carbocycles. The van der Waals surface area contributed by atoms with E-state index in [-0.39, 0.29) is 17.1 Å². The Morgan fingerprint density at radius 2 is 1.70 bits per heavy atom. The lowest BCUT2D eigenvalue weighted by Gasteiger charge is -2.19. The van der Waals surface area contributed by atoms with Crippen LogP contribution in [-0.2, 0) is 19.7 Å². The first-order valence-electron chi connectivity index (χ1n) is 8.31. The third-order valence-corrected chi connectivity index (χ3v) is 7.60. The van der Waals surface area contributed by atoms with Gasteiger partial charge in [-0.3, -0.25) is 0 Å². The van der Waals surface area contributed by atoms with Crippen LogP contribution < -0.4 is 0 Å². The molecule has 0 amide bonds. The van der Waals surface area contributed by atoms with Gasteiger partial charge in [0, 0.05) is 17.0 Å². The molecular formula is C19H20ClNO4S2. The SMILES string of the molecule is CS(=O)(=O)CCCCC(c1cccc(C#N)c1)S(=O)(=O)c1ccc(Cl)cc1. The molecule has 0 aliphatic carbocycles. The number of nitrogens with zero attached hydrogens (tertiary/aromatic N) is 1. The van der Waals surface area contributed by atoms with Gasteiger partial charge in [0.2, 0.25) is 0 Å². The van der Waals surface area contributed by atoms with Crippen molar-refractivity contribution in [1.29, 1.82) is 5.26 Å². The number of hydrogen-bond donors (Lipinski definition) is 0. The van der Waals surface area contributed by atoms with Crippen LogP contribution in [0.5, 0.6) is 0 Å². The Morgan fingerprint density at radius 3 is 2.30 bits per heavy atom. The van der Waals surface area contributed by atoms with Gasteiger partial charge in [0.1, 0.15) is 9.84 Å². The number of hydrogen-bond acceptors (Lipinski definition) is 5. The number of sulfone groups is 2. The van der Waals surface area contributed by atoms with E-state index in [0.717, 1.165) is 6.26 Å². The fourth-order valence-electron chi connectivity index (χ4n) is 2.79. The molecule has 2 rings (SSSR count). The summed E-state index contributed by atoms with van der Waals surface area (Å²) in [5.41, 5.74) is 0.892. The molecule has 1 atom stereocenters. The molecule has 0 aliphatic heterocycles. The number of benzene rings is 2. The Balaban J connectivity index is 2.36. The van der Waals surface area contributed by atoms with Crippen LogP contribution in [0.4, 0.5) is 0 Å². The summed E-state index contributed by atoms with van der Waals surface area (Å²) >= 11 is 5.86. The Morgan fingerprint density at radius 1 is 1.04 bits per heavy atom. The van der Waals surface area contributed by atoms with Crippen LogP contribution >= 0.6 is 11.6 Å². The fourth-order valence-corrected chi connectivity index (χ4v) is 5.47. The van der Waals surface area contributed by atoms with Gasteiger partial charge in [-0.2, -0.15) is 5.26 Å². The van der Waals surface area contributed by atoms with E-state index in [0.29, 0.717) is 29.0 Å². The lowest BCUT2D eigenvalue weighted by Crippen LogP contribution is -2.15. The highest BCUT2D eigenvalue weighted by molar-refractivity contribution is 7.91. The Labute approximate surface area is 165 Å². The second-order valence-corrected chi connectivity index (χ2v) is 11.2. The highest BCUT2D eigenvalue weighted by Gasteiger charge is 2.29. The van der Waals surface area contributed by atoms with Crippen molar-refractivity contribution in [2.24, 2.45) is 0 Å². The number of rotatable bonds is 8. The highest BCUT2D eigenvalue weighted by atomic mass is 35.5. The van der Waals surface area contributed by atoms with E-state index in [4.69, 9.17) is 16.9 Å². The summed E-state index contributed by atoms with van der Waals surface area (Å²) < 4.78 is 49.0. The summed E-state index contributed by atoms with van der Waals surface area (Å²) in [6.07, 6.45) is 2.23. The smallest absolute Gasteiger partial charge is 0.185 e. The molecule has 1 unspecified atom stereocenters. The zero-order chi connectivity index (χ0) is 20.1. The highest BCUT2D eigenvalue weighted by Crippen LogP contribution is 2.34. The van der Waals surface area contributed by atoms with Crippen molar-refractivity contribution in [3.05, 3.63) is 64.7 Å². The van der Waals surface area contributed by atoms with E-state index in [1.54, 1.807) is 24.3 Å². The molecule has 0 spiro atoms. The van der Waals surface area contributed by atoms with Gasteiger partial charge in [0.05, 0.1) is 21.8 Å². The zero-order valence-corrected chi connectivity index (χ0v) is 17.2. The van der Waals surface area contributed by atoms with Crippen molar-refractivity contribution in [2.45, 2.75) is 29.4 Å². The minimum absolute atomic E-state index is 0.0128. The molecular weight excluding hydrogens is 406 g/mol. The molecule has 0 radical (unpaired) electrons. The molecule has 144 valence electrons. The van der Waals surface area contributed by atoms with E-state index in [2.05, 4.69) is 0 Å². The number of halogens is 1. The summed E-state index contributed by atoms with van der Waals surface area (Å²) in [4.78, 5) is 0.141. The molecule has 27 heavy (non-hydrogen) atoms. The molecule has 5 nitrogen and oxygen atoms in total. The van der Waals surface area contributed by atoms with E-state index in [1.807, 2.05) is 6.07 Å². The Bertz CT molecular complexity index is 1040. The molecule has 0 saturated heterocycles. The lowest BCUT2D eigenvalue weighted by atomic mass is 10.0. The van der Waals surface area contributed by atoms with E-state index in [1.165, 1.54) is 24.3 Å². The quantitative estimate of drug-likeness (QED) is 0.597. The standard InChI is InChI=1S/C19H20ClNO4S2/c1-26(22,23)12-3-2-7-19(16-6-4-5-15(13-16)14-21)27(24,25)18-10-8-17(20)9-11-18/h4-6,8-11,13,19H,2-3,7,12H2,1H3. The molecule has 0 heterocycles. The summed E-state index contributed by atoms with van der Waals surface area (Å²) in [6, 6.07) is 14.5. The monoisotopic (exact) mass is 425 g/mol. The summed E-state index contributed by atoms with van der Waals surface area (Å²) in [6.45, 7) is 0. The molecule has 0 bridgehead atoms. The fraction of sp³-hybridized carbons (Fsp3) is 0.316. The maximum absolute atomic E-state index is 13.2. The Hall–Kier alpha value is -1.88. The average Bonchev–Trinajstić information content (AvgIpc) is 2.61. The van der Waals surface area contributed by atoms with Crippen molar-refractivity contribution in [1.82, 2.24) is 0 Å². The molecule has 0 aliphatic rings. The zero-order valence-electron chi connectivity index (χ0n) is 14.8. The van der Waals surface area contributed by atoms with Gasteiger partial charge in [0.25, 0.3) is 0 Å². The van der Waals surface area contributed by atoms with Crippen LogP contribution in [0.25, 0.3) is 0 Å². The minimum atomic E-state index is -3.73. The molecule has 2 aromatic carbocycles.